The summed E-state index contributed by atoms with van der Waals surface area (Å²) in [7, 11) is 3.62. The van der Waals surface area contributed by atoms with Gasteiger partial charge in [0.25, 0.3) is 0 Å². The Morgan fingerprint density at radius 1 is 0.960 bits per heavy atom. The topological polar surface area (TPSA) is 37.5 Å². The van der Waals surface area contributed by atoms with Crippen molar-refractivity contribution in [3.8, 4) is 22.5 Å². The lowest BCUT2D eigenvalue weighted by atomic mass is 9.93. The second kappa shape index (κ2) is 6.06. The first kappa shape index (κ1) is 15.4. The molecule has 1 aliphatic carbocycles. The van der Waals surface area contributed by atoms with E-state index in [0.29, 0.717) is 0 Å². The molecule has 0 spiro atoms. The Balaban J connectivity index is 2.14. The Kier molecular flexibility index (Phi) is 3.73. The molecule has 2 aliphatic rings. The summed E-state index contributed by atoms with van der Waals surface area (Å²) in [6.07, 6.45) is 0. The number of hydrogen-bond donors (Lipinski definition) is 1. The highest BCUT2D eigenvalue weighted by Gasteiger charge is 2.17. The maximum atomic E-state index is 13.4. The lowest BCUT2D eigenvalue weighted by molar-refractivity contribution is 0.619. The van der Waals surface area contributed by atoms with Crippen molar-refractivity contribution in [2.75, 3.05) is 19.4 Å². The Morgan fingerprint density at radius 2 is 1.76 bits per heavy atom. The van der Waals surface area contributed by atoms with Crippen LogP contribution in [0.2, 0.25) is 0 Å². The zero-order valence-corrected chi connectivity index (χ0v) is 14.0. The summed E-state index contributed by atoms with van der Waals surface area (Å²) in [4.78, 5) is 4.23. The van der Waals surface area contributed by atoms with Crippen LogP contribution in [-0.2, 0) is 0 Å². The number of benzene rings is 3. The fourth-order valence-corrected chi connectivity index (χ4v) is 3.10. The van der Waals surface area contributed by atoms with Crippen LogP contribution in [0, 0.1) is 5.82 Å². The molecular weight excluding hydrogens is 315 g/mol. The zero-order valence-electron chi connectivity index (χ0n) is 14.0. The summed E-state index contributed by atoms with van der Waals surface area (Å²) in [5.74, 6) is 0.505. The van der Waals surface area contributed by atoms with Gasteiger partial charge in [0.15, 0.2) is 0 Å². The minimum Gasteiger partial charge on any atom is -0.456 e. The Morgan fingerprint density at radius 3 is 2.48 bits per heavy atom. The molecule has 0 atom stereocenters. The lowest BCUT2D eigenvalue weighted by Crippen LogP contribution is -2.02. The maximum Gasteiger partial charge on any atom is 0.137 e. The number of fused-ring (bicyclic) bond motifs is 2. The standard InChI is InChI=1S/C21H17FN2O/c1-23-15-7-9-17-19(11-15)25-20-12-16(24-2)8-10-18(20)21(17)13-3-5-14(22)6-4-13/h3-12,23H,1-2H3/b24-16+. The molecule has 1 aliphatic heterocycles. The van der Waals surface area contributed by atoms with E-state index in [0.717, 1.165) is 44.5 Å². The van der Waals surface area contributed by atoms with Crippen LogP contribution in [0.25, 0.3) is 33.4 Å². The first-order valence-corrected chi connectivity index (χ1v) is 8.07. The number of nitrogens with zero attached hydrogens (tertiary/aromatic N) is 1. The van der Waals surface area contributed by atoms with E-state index in [1.165, 1.54) is 12.1 Å². The minimum absolute atomic E-state index is 0.248. The van der Waals surface area contributed by atoms with Crippen LogP contribution in [0.3, 0.4) is 0 Å². The fraction of sp³-hybridized carbons (Fsp3) is 0.0952. The zero-order chi connectivity index (χ0) is 17.4. The van der Waals surface area contributed by atoms with Crippen molar-refractivity contribution in [1.82, 2.24) is 0 Å². The monoisotopic (exact) mass is 332 g/mol. The van der Waals surface area contributed by atoms with E-state index in [1.54, 1.807) is 19.2 Å². The van der Waals surface area contributed by atoms with E-state index in [9.17, 15) is 4.39 Å². The van der Waals surface area contributed by atoms with Crippen LogP contribution in [-0.4, -0.2) is 14.1 Å². The SMILES string of the molecule is C/N=c1\ccc2c(-c3ccc(F)cc3)c3ccc(NC)cc3oc-2c1. The van der Waals surface area contributed by atoms with E-state index >= 15 is 0 Å². The molecule has 124 valence electrons. The molecule has 0 aromatic heterocycles. The van der Waals surface area contributed by atoms with E-state index in [1.807, 2.05) is 43.4 Å². The van der Waals surface area contributed by atoms with Gasteiger partial charge in [-0.3, -0.25) is 4.99 Å². The van der Waals surface area contributed by atoms with Crippen molar-refractivity contribution in [3.05, 3.63) is 71.8 Å². The van der Waals surface area contributed by atoms with E-state index < -0.39 is 0 Å². The molecule has 0 unspecified atom stereocenters. The number of rotatable bonds is 2. The highest BCUT2D eigenvalue weighted by Crippen LogP contribution is 2.40. The molecule has 0 saturated heterocycles. The van der Waals surface area contributed by atoms with Crippen molar-refractivity contribution >= 4 is 16.7 Å². The van der Waals surface area contributed by atoms with Crippen LogP contribution in [0.15, 0.2) is 70.1 Å². The first-order chi connectivity index (χ1) is 12.2. The Bertz CT molecular complexity index is 1100. The van der Waals surface area contributed by atoms with Gasteiger partial charge in [-0.15, -0.1) is 0 Å². The quantitative estimate of drug-likeness (QED) is 0.529. The molecule has 2 aromatic rings. The predicted molar refractivity (Wildman–Crippen MR) is 99.3 cm³/mol. The smallest absolute Gasteiger partial charge is 0.137 e. The molecule has 0 fully saturated rings. The summed E-state index contributed by atoms with van der Waals surface area (Å²) in [6.45, 7) is 0. The molecule has 2 aromatic carbocycles. The van der Waals surface area contributed by atoms with Gasteiger partial charge in [-0.2, -0.15) is 0 Å². The molecule has 0 bridgehead atoms. The normalized spacial score (nSPS) is 12.0. The third kappa shape index (κ3) is 2.66. The van der Waals surface area contributed by atoms with E-state index in [4.69, 9.17) is 4.42 Å². The molecule has 1 N–H and O–H groups in total. The Hall–Kier alpha value is -3.14. The van der Waals surface area contributed by atoms with Gasteiger partial charge in [0, 0.05) is 48.4 Å². The highest BCUT2D eigenvalue weighted by molar-refractivity contribution is 6.02. The van der Waals surface area contributed by atoms with Crippen molar-refractivity contribution < 1.29 is 8.81 Å². The van der Waals surface area contributed by atoms with Crippen LogP contribution in [0.5, 0.6) is 0 Å². The van der Waals surface area contributed by atoms with Crippen LogP contribution in [0.4, 0.5) is 10.1 Å². The average Bonchev–Trinajstić information content (AvgIpc) is 2.66. The summed E-state index contributed by atoms with van der Waals surface area (Å²) in [5, 5.41) is 4.97. The molecule has 3 nitrogen and oxygen atoms in total. The van der Waals surface area contributed by atoms with Gasteiger partial charge in [-0.05, 0) is 42.0 Å². The third-order valence-electron chi connectivity index (χ3n) is 4.39. The van der Waals surface area contributed by atoms with Gasteiger partial charge in [0.05, 0.1) is 5.36 Å². The predicted octanol–water partition coefficient (Wildman–Crippen LogP) is 4.92. The van der Waals surface area contributed by atoms with Crippen LogP contribution < -0.4 is 10.7 Å². The molecule has 4 heteroatoms. The summed E-state index contributed by atoms with van der Waals surface area (Å²) in [5.41, 5.74) is 4.69. The minimum atomic E-state index is -0.248. The number of anilines is 1. The van der Waals surface area contributed by atoms with Crippen molar-refractivity contribution in [1.29, 1.82) is 0 Å². The molecule has 0 radical (unpaired) electrons. The maximum absolute atomic E-state index is 13.4. The summed E-state index contributed by atoms with van der Waals surface area (Å²) in [6, 6.07) is 18.5. The van der Waals surface area contributed by atoms with Gasteiger partial charge < -0.3 is 9.73 Å². The lowest BCUT2D eigenvalue weighted by Gasteiger charge is -2.16. The van der Waals surface area contributed by atoms with Crippen molar-refractivity contribution in [3.63, 3.8) is 0 Å². The highest BCUT2D eigenvalue weighted by atomic mass is 19.1. The van der Waals surface area contributed by atoms with Gasteiger partial charge in [0.1, 0.15) is 17.2 Å². The fourth-order valence-electron chi connectivity index (χ4n) is 3.10. The van der Waals surface area contributed by atoms with Gasteiger partial charge in [0.2, 0.25) is 0 Å². The third-order valence-corrected chi connectivity index (χ3v) is 4.39. The Labute approximate surface area is 144 Å². The molecule has 1 heterocycles. The molecular formula is C21H17FN2O. The second-order valence-electron chi connectivity index (χ2n) is 5.85. The van der Waals surface area contributed by atoms with Gasteiger partial charge >= 0.3 is 0 Å². The van der Waals surface area contributed by atoms with Gasteiger partial charge in [-0.25, -0.2) is 4.39 Å². The molecule has 25 heavy (non-hydrogen) atoms. The average molecular weight is 332 g/mol. The largest absolute Gasteiger partial charge is 0.456 e. The number of halogens is 1. The van der Waals surface area contributed by atoms with E-state index in [-0.39, 0.29) is 5.82 Å². The summed E-state index contributed by atoms with van der Waals surface area (Å²) >= 11 is 0. The van der Waals surface area contributed by atoms with Crippen LogP contribution >= 0.6 is 0 Å². The molecule has 0 saturated carbocycles. The number of nitrogens with one attached hydrogen (secondary N) is 1. The van der Waals surface area contributed by atoms with Crippen molar-refractivity contribution in [2.45, 2.75) is 0 Å². The molecule has 4 rings (SSSR count). The molecule has 0 amide bonds. The first-order valence-electron chi connectivity index (χ1n) is 8.07. The van der Waals surface area contributed by atoms with Crippen LogP contribution in [0.1, 0.15) is 0 Å². The van der Waals surface area contributed by atoms with Crippen molar-refractivity contribution in [2.24, 2.45) is 4.99 Å². The number of hydrogen-bond acceptors (Lipinski definition) is 3. The van der Waals surface area contributed by atoms with E-state index in [2.05, 4.69) is 10.3 Å². The second-order valence-corrected chi connectivity index (χ2v) is 5.85. The van der Waals surface area contributed by atoms with Gasteiger partial charge in [-0.1, -0.05) is 12.1 Å². The summed E-state index contributed by atoms with van der Waals surface area (Å²) < 4.78 is 19.5.